The molecule has 0 aliphatic carbocycles. The highest BCUT2D eigenvalue weighted by Crippen LogP contribution is 2.34. The molecule has 1 aliphatic heterocycles. The zero-order chi connectivity index (χ0) is 20.4. The van der Waals surface area contributed by atoms with Crippen molar-refractivity contribution in [3.63, 3.8) is 0 Å². The van der Waals surface area contributed by atoms with Gasteiger partial charge in [0.1, 0.15) is 15.8 Å². The maximum absolute atomic E-state index is 14.2. The largest absolute Gasteiger partial charge is 0.389 e. The minimum atomic E-state index is -0.477. The lowest BCUT2D eigenvalue weighted by Crippen LogP contribution is -2.30. The second-order valence-corrected chi connectivity index (χ2v) is 8.22. The fourth-order valence-corrected chi connectivity index (χ4v) is 4.37. The highest BCUT2D eigenvalue weighted by atomic mass is 35.5. The third-order valence-corrected chi connectivity index (χ3v) is 5.92. The topological polar surface area (TPSA) is 84.1 Å². The number of aromatic nitrogens is 2. The number of piperidine rings is 1. The molecule has 1 fully saturated rings. The molecule has 1 amide bonds. The molecule has 29 heavy (non-hydrogen) atoms. The summed E-state index contributed by atoms with van der Waals surface area (Å²) in [6.07, 6.45) is 6.76. The Balaban J connectivity index is 1.60. The van der Waals surface area contributed by atoms with Gasteiger partial charge in [-0.25, -0.2) is 9.37 Å². The SMILES string of the molecule is Nc1sc(-c2cc(Cl)ccc2F)nc1C(=O)Nc1cnccc1N1CCCCC1. The van der Waals surface area contributed by atoms with Gasteiger partial charge in [-0.05, 0) is 43.5 Å². The van der Waals surface area contributed by atoms with Crippen LogP contribution in [0.2, 0.25) is 5.02 Å². The number of carbonyl (C=O) groups is 1. The number of rotatable bonds is 4. The number of carbonyl (C=O) groups excluding carboxylic acids is 1. The molecule has 0 saturated carbocycles. The van der Waals surface area contributed by atoms with E-state index >= 15 is 0 Å². The number of halogens is 2. The zero-order valence-electron chi connectivity index (χ0n) is 15.5. The number of anilines is 3. The molecule has 9 heteroatoms. The van der Waals surface area contributed by atoms with Crippen LogP contribution in [0.25, 0.3) is 10.6 Å². The van der Waals surface area contributed by atoms with Crippen molar-refractivity contribution in [1.82, 2.24) is 9.97 Å². The number of benzene rings is 1. The minimum Gasteiger partial charge on any atom is -0.389 e. The van der Waals surface area contributed by atoms with Crippen molar-refractivity contribution in [3.05, 3.63) is 53.2 Å². The second kappa shape index (κ2) is 8.34. The minimum absolute atomic E-state index is 0.0535. The highest BCUT2D eigenvalue weighted by molar-refractivity contribution is 7.19. The van der Waals surface area contributed by atoms with E-state index in [1.54, 1.807) is 12.4 Å². The van der Waals surface area contributed by atoms with E-state index in [2.05, 4.69) is 20.2 Å². The van der Waals surface area contributed by atoms with Crippen LogP contribution < -0.4 is 16.0 Å². The lowest BCUT2D eigenvalue weighted by atomic mass is 10.1. The summed E-state index contributed by atoms with van der Waals surface area (Å²) < 4.78 is 14.2. The van der Waals surface area contributed by atoms with E-state index in [-0.39, 0.29) is 16.3 Å². The third-order valence-electron chi connectivity index (χ3n) is 4.77. The molecule has 0 bridgehead atoms. The van der Waals surface area contributed by atoms with Crippen LogP contribution in [0.5, 0.6) is 0 Å². The van der Waals surface area contributed by atoms with Gasteiger partial charge in [0.25, 0.3) is 5.91 Å². The lowest BCUT2D eigenvalue weighted by Gasteiger charge is -2.30. The first-order valence-electron chi connectivity index (χ1n) is 9.25. The van der Waals surface area contributed by atoms with Crippen molar-refractivity contribution in [2.75, 3.05) is 29.0 Å². The summed E-state index contributed by atoms with van der Waals surface area (Å²) >= 11 is 7.01. The predicted molar refractivity (Wildman–Crippen MR) is 115 cm³/mol. The van der Waals surface area contributed by atoms with Crippen molar-refractivity contribution in [3.8, 4) is 10.6 Å². The molecular weight excluding hydrogens is 413 g/mol. The van der Waals surface area contributed by atoms with Crippen LogP contribution in [0, 0.1) is 5.82 Å². The summed E-state index contributed by atoms with van der Waals surface area (Å²) in [5.74, 6) is -0.937. The Morgan fingerprint density at radius 2 is 2.03 bits per heavy atom. The third kappa shape index (κ3) is 4.18. The number of thiazole rings is 1. The highest BCUT2D eigenvalue weighted by Gasteiger charge is 2.21. The molecule has 1 aromatic carbocycles. The number of hydrogen-bond acceptors (Lipinski definition) is 6. The Kier molecular flexibility index (Phi) is 5.64. The van der Waals surface area contributed by atoms with Gasteiger partial charge >= 0.3 is 0 Å². The van der Waals surface area contributed by atoms with Crippen LogP contribution in [0.4, 0.5) is 20.8 Å². The normalized spacial score (nSPS) is 14.1. The molecule has 3 N–H and O–H groups in total. The molecular formula is C20H19ClFN5OS. The number of hydrogen-bond donors (Lipinski definition) is 2. The van der Waals surface area contributed by atoms with Crippen molar-refractivity contribution in [2.24, 2.45) is 0 Å². The molecule has 1 aliphatic rings. The predicted octanol–water partition coefficient (Wildman–Crippen LogP) is 4.82. The van der Waals surface area contributed by atoms with Crippen LogP contribution in [0.15, 0.2) is 36.7 Å². The summed E-state index contributed by atoms with van der Waals surface area (Å²) in [5.41, 5.74) is 7.80. The van der Waals surface area contributed by atoms with Gasteiger partial charge in [-0.15, -0.1) is 0 Å². The molecule has 1 saturated heterocycles. The number of pyridine rings is 1. The maximum atomic E-state index is 14.2. The van der Waals surface area contributed by atoms with Crippen LogP contribution in [0.1, 0.15) is 29.8 Å². The van der Waals surface area contributed by atoms with Crippen LogP contribution in [-0.2, 0) is 0 Å². The van der Waals surface area contributed by atoms with E-state index in [0.717, 1.165) is 43.0 Å². The Hall–Kier alpha value is -2.71. The van der Waals surface area contributed by atoms with Gasteiger partial charge in [0.05, 0.1) is 17.6 Å². The lowest BCUT2D eigenvalue weighted by molar-refractivity contribution is 0.102. The van der Waals surface area contributed by atoms with Crippen LogP contribution in [-0.4, -0.2) is 29.0 Å². The van der Waals surface area contributed by atoms with Crippen molar-refractivity contribution in [2.45, 2.75) is 19.3 Å². The Morgan fingerprint density at radius 1 is 1.24 bits per heavy atom. The van der Waals surface area contributed by atoms with E-state index in [0.29, 0.717) is 15.7 Å². The molecule has 150 valence electrons. The number of nitrogen functional groups attached to an aromatic ring is 1. The molecule has 3 aromatic rings. The Morgan fingerprint density at radius 3 is 2.83 bits per heavy atom. The van der Waals surface area contributed by atoms with Gasteiger partial charge in [0, 0.05) is 29.9 Å². The summed E-state index contributed by atoms with van der Waals surface area (Å²) in [6.45, 7) is 1.87. The first-order valence-corrected chi connectivity index (χ1v) is 10.4. The van der Waals surface area contributed by atoms with E-state index < -0.39 is 11.7 Å². The molecule has 3 heterocycles. The van der Waals surface area contributed by atoms with E-state index in [9.17, 15) is 9.18 Å². The maximum Gasteiger partial charge on any atom is 0.277 e. The zero-order valence-corrected chi connectivity index (χ0v) is 17.1. The number of amides is 1. The average Bonchev–Trinajstić information content (AvgIpc) is 3.12. The van der Waals surface area contributed by atoms with Crippen molar-refractivity contribution in [1.29, 1.82) is 0 Å². The first kappa shape index (κ1) is 19.6. The molecule has 0 unspecified atom stereocenters. The average molecular weight is 432 g/mol. The molecule has 0 spiro atoms. The standard InChI is InChI=1S/C20H19ClFN5OS/c21-12-4-5-14(22)13(10-12)20-26-17(18(23)29-20)19(28)25-15-11-24-7-6-16(15)27-8-2-1-3-9-27/h4-7,10-11H,1-3,8-9,23H2,(H,25,28). The fourth-order valence-electron chi connectivity index (χ4n) is 3.35. The van der Waals surface area contributed by atoms with E-state index in [1.165, 1.54) is 24.6 Å². The number of nitrogens with one attached hydrogen (secondary N) is 1. The number of nitrogens with zero attached hydrogens (tertiary/aromatic N) is 3. The smallest absolute Gasteiger partial charge is 0.277 e. The summed E-state index contributed by atoms with van der Waals surface area (Å²) in [6, 6.07) is 6.07. The van der Waals surface area contributed by atoms with Crippen molar-refractivity contribution < 1.29 is 9.18 Å². The monoisotopic (exact) mass is 431 g/mol. The molecule has 2 aromatic heterocycles. The quantitative estimate of drug-likeness (QED) is 0.618. The van der Waals surface area contributed by atoms with Gasteiger partial charge in [0.2, 0.25) is 0 Å². The van der Waals surface area contributed by atoms with Gasteiger partial charge in [-0.3, -0.25) is 9.78 Å². The first-order chi connectivity index (χ1) is 14.0. The molecule has 0 radical (unpaired) electrons. The summed E-state index contributed by atoms with van der Waals surface area (Å²) in [4.78, 5) is 23.5. The van der Waals surface area contributed by atoms with Crippen LogP contribution >= 0.6 is 22.9 Å². The van der Waals surface area contributed by atoms with Gasteiger partial charge in [-0.2, -0.15) is 0 Å². The van der Waals surface area contributed by atoms with Gasteiger partial charge in [0.15, 0.2) is 5.69 Å². The summed E-state index contributed by atoms with van der Waals surface area (Å²) in [7, 11) is 0. The van der Waals surface area contributed by atoms with Gasteiger partial charge < -0.3 is 16.0 Å². The van der Waals surface area contributed by atoms with E-state index in [4.69, 9.17) is 17.3 Å². The molecule has 0 atom stereocenters. The van der Waals surface area contributed by atoms with Crippen LogP contribution in [0.3, 0.4) is 0 Å². The van der Waals surface area contributed by atoms with E-state index in [1.807, 2.05) is 6.07 Å². The Bertz CT molecular complexity index is 1050. The van der Waals surface area contributed by atoms with Crippen molar-refractivity contribution >= 4 is 45.2 Å². The molecule has 6 nitrogen and oxygen atoms in total. The fraction of sp³-hybridized carbons (Fsp3) is 0.250. The Labute approximate surface area is 176 Å². The summed E-state index contributed by atoms with van der Waals surface area (Å²) in [5, 5.41) is 3.74. The van der Waals surface area contributed by atoms with Gasteiger partial charge in [-0.1, -0.05) is 22.9 Å². The second-order valence-electron chi connectivity index (χ2n) is 6.75. The number of nitrogens with two attached hydrogens (primary N) is 1. The molecule has 4 rings (SSSR count).